The molecule has 1 saturated heterocycles. The molecule has 1 aromatic heterocycles. The lowest BCUT2D eigenvalue weighted by atomic mass is 10.1. The van der Waals surface area contributed by atoms with E-state index in [0.29, 0.717) is 18.6 Å². The third-order valence-electron chi connectivity index (χ3n) is 4.89. The molecule has 0 spiro atoms. The van der Waals surface area contributed by atoms with Crippen LogP contribution in [0.15, 0.2) is 24.4 Å². The number of carbonyl (C=O) groups excluding carboxylic acids is 1. The van der Waals surface area contributed by atoms with Gasteiger partial charge in [0.05, 0.1) is 0 Å². The number of aromatic amines is 1. The average Bonchev–Trinajstić information content (AvgIpc) is 3.26. The zero-order chi connectivity index (χ0) is 18.4. The van der Waals surface area contributed by atoms with Gasteiger partial charge in [-0.3, -0.25) is 9.59 Å². The van der Waals surface area contributed by atoms with Crippen LogP contribution in [0.2, 0.25) is 0 Å². The minimum absolute atomic E-state index is 0.0846. The Morgan fingerprint density at radius 1 is 1.15 bits per heavy atom. The van der Waals surface area contributed by atoms with Gasteiger partial charge in [-0.15, -0.1) is 0 Å². The number of ether oxygens (including phenoxy) is 1. The Balaban J connectivity index is 1.62. The van der Waals surface area contributed by atoms with Crippen molar-refractivity contribution in [2.45, 2.75) is 44.9 Å². The minimum Gasteiger partial charge on any atom is -0.481 e. The number of carboxylic acid groups (broad SMARTS) is 1. The molecule has 0 amide bonds. The van der Waals surface area contributed by atoms with Crippen molar-refractivity contribution >= 4 is 22.8 Å². The van der Waals surface area contributed by atoms with Crippen LogP contribution in [-0.2, 0) is 16.0 Å². The van der Waals surface area contributed by atoms with Crippen molar-refractivity contribution in [1.82, 2.24) is 9.88 Å². The Morgan fingerprint density at radius 3 is 2.69 bits per heavy atom. The number of unbranched alkanes of at least 4 members (excludes halogenated alkanes) is 1. The van der Waals surface area contributed by atoms with Gasteiger partial charge >= 0.3 is 11.9 Å². The summed E-state index contributed by atoms with van der Waals surface area (Å²) in [4.78, 5) is 28.4. The molecule has 2 aromatic rings. The number of H-pyrrole nitrogens is 1. The number of hydrogen-bond acceptors (Lipinski definition) is 4. The fourth-order valence-corrected chi connectivity index (χ4v) is 3.51. The summed E-state index contributed by atoms with van der Waals surface area (Å²) in [5.74, 6) is -0.559. The number of carboxylic acids is 1. The number of likely N-dealkylation sites (tertiary alicyclic amines) is 1. The van der Waals surface area contributed by atoms with E-state index in [1.165, 1.54) is 31.5 Å². The largest absolute Gasteiger partial charge is 0.481 e. The molecule has 0 atom stereocenters. The summed E-state index contributed by atoms with van der Waals surface area (Å²) in [6.45, 7) is 3.35. The van der Waals surface area contributed by atoms with Gasteiger partial charge in [0, 0.05) is 36.5 Å². The van der Waals surface area contributed by atoms with Crippen molar-refractivity contribution in [1.29, 1.82) is 0 Å². The third-order valence-corrected chi connectivity index (χ3v) is 4.89. The molecule has 0 saturated carbocycles. The zero-order valence-corrected chi connectivity index (χ0v) is 15.0. The molecule has 6 heteroatoms. The van der Waals surface area contributed by atoms with E-state index in [2.05, 4.69) is 9.88 Å². The Kier molecular flexibility index (Phi) is 6.28. The van der Waals surface area contributed by atoms with E-state index in [1.807, 2.05) is 24.4 Å². The lowest BCUT2D eigenvalue weighted by Crippen LogP contribution is -2.21. The number of aromatic nitrogens is 1. The summed E-state index contributed by atoms with van der Waals surface area (Å²) in [5, 5.41) is 9.62. The molecule has 2 N–H and O–H groups in total. The summed E-state index contributed by atoms with van der Waals surface area (Å²) in [6, 6.07) is 5.68. The van der Waals surface area contributed by atoms with E-state index in [-0.39, 0.29) is 18.8 Å². The molecule has 1 aliphatic rings. The van der Waals surface area contributed by atoms with Crippen LogP contribution in [0, 0.1) is 0 Å². The van der Waals surface area contributed by atoms with Gasteiger partial charge in [-0.1, -0.05) is 6.07 Å². The van der Waals surface area contributed by atoms with Crippen molar-refractivity contribution in [3.8, 4) is 5.75 Å². The molecule has 3 rings (SSSR count). The van der Waals surface area contributed by atoms with E-state index in [0.717, 1.165) is 23.9 Å². The van der Waals surface area contributed by atoms with Gasteiger partial charge in [0.15, 0.2) is 0 Å². The van der Waals surface area contributed by atoms with Crippen molar-refractivity contribution in [3.63, 3.8) is 0 Å². The molecule has 0 unspecified atom stereocenters. The van der Waals surface area contributed by atoms with Crippen LogP contribution in [0.1, 0.15) is 44.1 Å². The van der Waals surface area contributed by atoms with E-state index < -0.39 is 5.97 Å². The van der Waals surface area contributed by atoms with Crippen LogP contribution in [0.3, 0.4) is 0 Å². The fourth-order valence-electron chi connectivity index (χ4n) is 3.51. The second-order valence-corrected chi connectivity index (χ2v) is 6.87. The number of nitrogens with one attached hydrogen (secondary N) is 1. The third kappa shape index (κ3) is 4.85. The molecular weight excluding hydrogens is 332 g/mol. The van der Waals surface area contributed by atoms with Crippen molar-refractivity contribution in [2.24, 2.45) is 0 Å². The maximum absolute atomic E-state index is 12.1. The van der Waals surface area contributed by atoms with Crippen LogP contribution in [0.5, 0.6) is 5.75 Å². The number of carbonyl (C=O) groups is 2. The SMILES string of the molecule is O=C(O)CCCCC(=O)Oc1cccc2[nH]cc(CCN3CCCC3)c12. The molecule has 1 aromatic carbocycles. The highest BCUT2D eigenvalue weighted by atomic mass is 16.5. The molecule has 0 radical (unpaired) electrons. The predicted molar refractivity (Wildman–Crippen MR) is 99.4 cm³/mol. The minimum atomic E-state index is -0.835. The first-order chi connectivity index (χ1) is 12.6. The van der Waals surface area contributed by atoms with Crippen molar-refractivity contribution in [2.75, 3.05) is 19.6 Å². The Morgan fingerprint density at radius 2 is 1.92 bits per heavy atom. The first-order valence-electron chi connectivity index (χ1n) is 9.37. The Hall–Kier alpha value is -2.34. The topological polar surface area (TPSA) is 82.6 Å². The highest BCUT2D eigenvalue weighted by molar-refractivity contribution is 5.91. The monoisotopic (exact) mass is 358 g/mol. The van der Waals surface area contributed by atoms with Crippen molar-refractivity contribution in [3.05, 3.63) is 30.0 Å². The van der Waals surface area contributed by atoms with Crippen LogP contribution in [0.25, 0.3) is 10.9 Å². The molecule has 140 valence electrons. The van der Waals surface area contributed by atoms with Crippen LogP contribution < -0.4 is 4.74 Å². The number of benzene rings is 1. The first-order valence-corrected chi connectivity index (χ1v) is 9.37. The first kappa shape index (κ1) is 18.5. The summed E-state index contributed by atoms with van der Waals surface area (Å²) >= 11 is 0. The smallest absolute Gasteiger partial charge is 0.311 e. The highest BCUT2D eigenvalue weighted by Gasteiger charge is 2.15. The summed E-state index contributed by atoms with van der Waals surface area (Å²) in [5.41, 5.74) is 2.14. The number of aliphatic carboxylic acids is 1. The van der Waals surface area contributed by atoms with Gasteiger partial charge in [0.2, 0.25) is 0 Å². The maximum atomic E-state index is 12.1. The Labute approximate surface area is 153 Å². The van der Waals surface area contributed by atoms with Crippen LogP contribution in [-0.4, -0.2) is 46.6 Å². The van der Waals surface area contributed by atoms with Crippen LogP contribution in [0.4, 0.5) is 0 Å². The summed E-state index contributed by atoms with van der Waals surface area (Å²) < 4.78 is 5.59. The van der Waals surface area contributed by atoms with Gasteiger partial charge in [0.1, 0.15) is 5.75 Å². The normalized spacial score (nSPS) is 14.8. The summed E-state index contributed by atoms with van der Waals surface area (Å²) in [6.07, 6.45) is 6.81. The standard InChI is InChI=1S/C20H26N2O4/c23-18(24)8-1-2-9-19(25)26-17-7-5-6-16-20(17)15(14-21-16)10-13-22-11-3-4-12-22/h5-7,14,21H,1-4,8-13H2,(H,23,24). The number of rotatable bonds is 9. The van der Waals surface area contributed by atoms with Gasteiger partial charge in [0.25, 0.3) is 0 Å². The van der Waals surface area contributed by atoms with E-state index in [1.54, 1.807) is 0 Å². The molecule has 0 bridgehead atoms. The number of esters is 1. The molecule has 26 heavy (non-hydrogen) atoms. The molecule has 2 heterocycles. The second kappa shape index (κ2) is 8.85. The van der Waals surface area contributed by atoms with Gasteiger partial charge < -0.3 is 19.7 Å². The second-order valence-electron chi connectivity index (χ2n) is 6.87. The lowest BCUT2D eigenvalue weighted by Gasteiger charge is -2.14. The van der Waals surface area contributed by atoms with Crippen LogP contribution >= 0.6 is 0 Å². The molecule has 1 aliphatic heterocycles. The summed E-state index contributed by atoms with van der Waals surface area (Å²) in [7, 11) is 0. The van der Waals surface area contributed by atoms with Gasteiger partial charge in [-0.05, 0) is 62.9 Å². The molecular formula is C20H26N2O4. The van der Waals surface area contributed by atoms with Crippen molar-refractivity contribution < 1.29 is 19.4 Å². The molecule has 0 aliphatic carbocycles. The average molecular weight is 358 g/mol. The predicted octanol–water partition coefficient (Wildman–Crippen LogP) is 3.36. The van der Waals surface area contributed by atoms with E-state index >= 15 is 0 Å². The number of nitrogens with zero attached hydrogens (tertiary/aromatic N) is 1. The van der Waals surface area contributed by atoms with E-state index in [4.69, 9.17) is 9.84 Å². The quantitative estimate of drug-likeness (QED) is 0.408. The Bertz CT molecular complexity index is 762. The maximum Gasteiger partial charge on any atom is 0.311 e. The number of fused-ring (bicyclic) bond motifs is 1. The molecule has 6 nitrogen and oxygen atoms in total. The lowest BCUT2D eigenvalue weighted by molar-refractivity contribution is -0.138. The van der Waals surface area contributed by atoms with Gasteiger partial charge in [-0.25, -0.2) is 0 Å². The van der Waals surface area contributed by atoms with Gasteiger partial charge in [-0.2, -0.15) is 0 Å². The molecule has 1 fully saturated rings. The fraction of sp³-hybridized carbons (Fsp3) is 0.500. The van der Waals surface area contributed by atoms with E-state index in [9.17, 15) is 9.59 Å². The number of hydrogen-bond donors (Lipinski definition) is 2. The zero-order valence-electron chi connectivity index (χ0n) is 15.0. The highest BCUT2D eigenvalue weighted by Crippen LogP contribution is 2.30.